The Morgan fingerprint density at radius 1 is 1.25 bits per heavy atom. The molecule has 0 unspecified atom stereocenters. The van der Waals surface area contributed by atoms with Crippen molar-refractivity contribution in [2.24, 2.45) is 5.16 Å². The van der Waals surface area contributed by atoms with E-state index in [9.17, 15) is 9.59 Å². The number of nitrogens with zero attached hydrogens (tertiary/aromatic N) is 2. The fourth-order valence-corrected chi connectivity index (χ4v) is 1.69. The molecule has 0 radical (unpaired) electrons. The van der Waals surface area contributed by atoms with Gasteiger partial charge in [0.2, 0.25) is 5.91 Å². The van der Waals surface area contributed by atoms with Gasteiger partial charge in [0.25, 0.3) is 5.91 Å². The Morgan fingerprint density at radius 2 is 1.88 bits per heavy atom. The molecule has 1 saturated heterocycles. The molecule has 2 amide bonds. The third-order valence-electron chi connectivity index (χ3n) is 2.55. The maximum absolute atomic E-state index is 11.7. The fourth-order valence-electron chi connectivity index (χ4n) is 1.69. The molecule has 1 aliphatic heterocycles. The summed E-state index contributed by atoms with van der Waals surface area (Å²) in [5.74, 6) is -0.646. The van der Waals surface area contributed by atoms with E-state index in [1.807, 2.05) is 0 Å². The van der Waals surface area contributed by atoms with Gasteiger partial charge in [0.05, 0.1) is 6.54 Å². The van der Waals surface area contributed by atoms with Crippen molar-refractivity contribution in [1.82, 2.24) is 10.2 Å². The van der Waals surface area contributed by atoms with Gasteiger partial charge in [-0.3, -0.25) is 9.59 Å². The molecule has 0 atom stereocenters. The molecule has 0 saturated carbocycles. The van der Waals surface area contributed by atoms with E-state index in [1.54, 1.807) is 4.90 Å². The van der Waals surface area contributed by atoms with Crippen LogP contribution in [0.15, 0.2) is 5.16 Å². The molecule has 16 heavy (non-hydrogen) atoms. The molecule has 1 rings (SSSR count). The number of nitrogens with one attached hydrogen (secondary N) is 1. The van der Waals surface area contributed by atoms with Gasteiger partial charge in [0.1, 0.15) is 6.21 Å². The molecular weight excluding hydrogens is 210 g/mol. The standard InChI is InChI=1S/C10H17N3O3/c14-9(7-12-16)11-8-10(15)13-5-3-1-2-4-6-13/h7,16H,1-6,8H2,(H,11,14). The SMILES string of the molecule is O=C(C=NO)NCC(=O)N1CCCCCC1. The lowest BCUT2D eigenvalue weighted by atomic mass is 10.2. The minimum atomic E-state index is -0.564. The van der Waals surface area contributed by atoms with Crippen LogP contribution < -0.4 is 5.32 Å². The monoisotopic (exact) mass is 227 g/mol. The number of hydrogen-bond acceptors (Lipinski definition) is 4. The van der Waals surface area contributed by atoms with E-state index in [-0.39, 0.29) is 12.5 Å². The smallest absolute Gasteiger partial charge is 0.266 e. The van der Waals surface area contributed by atoms with Crippen LogP contribution in [0.5, 0.6) is 0 Å². The highest BCUT2D eigenvalue weighted by atomic mass is 16.4. The van der Waals surface area contributed by atoms with Crippen molar-refractivity contribution >= 4 is 18.0 Å². The molecule has 1 heterocycles. The van der Waals surface area contributed by atoms with Crippen molar-refractivity contribution in [2.45, 2.75) is 25.7 Å². The summed E-state index contributed by atoms with van der Waals surface area (Å²) in [6, 6.07) is 0. The van der Waals surface area contributed by atoms with Gasteiger partial charge in [-0.15, -0.1) is 0 Å². The molecule has 6 heteroatoms. The van der Waals surface area contributed by atoms with Crippen LogP contribution in [-0.2, 0) is 9.59 Å². The summed E-state index contributed by atoms with van der Waals surface area (Å²) in [6.07, 6.45) is 5.10. The fraction of sp³-hybridized carbons (Fsp3) is 0.700. The lowest BCUT2D eigenvalue weighted by Crippen LogP contribution is -2.40. The molecule has 0 aromatic carbocycles. The summed E-state index contributed by atoms with van der Waals surface area (Å²) < 4.78 is 0. The van der Waals surface area contributed by atoms with E-state index >= 15 is 0 Å². The van der Waals surface area contributed by atoms with Crippen LogP contribution >= 0.6 is 0 Å². The average Bonchev–Trinajstić information content (AvgIpc) is 2.55. The van der Waals surface area contributed by atoms with Gasteiger partial charge in [0, 0.05) is 13.1 Å². The number of likely N-dealkylation sites (tertiary alicyclic amines) is 1. The maximum atomic E-state index is 11.7. The minimum absolute atomic E-state index is 0.0369. The van der Waals surface area contributed by atoms with E-state index in [0.29, 0.717) is 0 Å². The number of carbonyl (C=O) groups excluding carboxylic acids is 2. The van der Waals surface area contributed by atoms with Crippen LogP contribution in [0.1, 0.15) is 25.7 Å². The molecule has 0 aromatic rings. The molecule has 2 N–H and O–H groups in total. The lowest BCUT2D eigenvalue weighted by Gasteiger charge is -2.20. The van der Waals surface area contributed by atoms with Crippen molar-refractivity contribution < 1.29 is 14.8 Å². The molecule has 90 valence electrons. The summed E-state index contributed by atoms with van der Waals surface area (Å²) in [4.78, 5) is 24.3. The molecular formula is C10H17N3O3. The summed E-state index contributed by atoms with van der Waals surface area (Å²) >= 11 is 0. The lowest BCUT2D eigenvalue weighted by molar-refractivity contribution is -0.131. The Labute approximate surface area is 94.3 Å². The first kappa shape index (κ1) is 12.5. The van der Waals surface area contributed by atoms with Crippen LogP contribution in [0.25, 0.3) is 0 Å². The molecule has 0 aliphatic carbocycles. The van der Waals surface area contributed by atoms with Crippen molar-refractivity contribution in [3.8, 4) is 0 Å². The Balaban J connectivity index is 2.30. The van der Waals surface area contributed by atoms with Gasteiger partial charge in [-0.25, -0.2) is 0 Å². The summed E-state index contributed by atoms with van der Waals surface area (Å²) in [5.41, 5.74) is 0. The van der Waals surface area contributed by atoms with Gasteiger partial charge < -0.3 is 15.4 Å². The number of amides is 2. The van der Waals surface area contributed by atoms with Crippen LogP contribution in [0.4, 0.5) is 0 Å². The predicted octanol–water partition coefficient (Wildman–Crippen LogP) is -0.0348. The highest BCUT2D eigenvalue weighted by Crippen LogP contribution is 2.09. The molecule has 6 nitrogen and oxygen atoms in total. The number of oxime groups is 1. The first-order chi connectivity index (χ1) is 7.74. The zero-order valence-electron chi connectivity index (χ0n) is 9.19. The maximum Gasteiger partial charge on any atom is 0.266 e. The quantitative estimate of drug-likeness (QED) is 0.403. The molecule has 0 bridgehead atoms. The summed E-state index contributed by atoms with van der Waals surface area (Å²) in [5, 5.41) is 13.0. The van der Waals surface area contributed by atoms with E-state index in [0.717, 1.165) is 45.0 Å². The Kier molecular flexibility index (Phi) is 5.31. The third kappa shape index (κ3) is 4.29. The van der Waals surface area contributed by atoms with Crippen LogP contribution in [-0.4, -0.2) is 47.8 Å². The van der Waals surface area contributed by atoms with Crippen molar-refractivity contribution in [2.75, 3.05) is 19.6 Å². The summed E-state index contributed by atoms with van der Waals surface area (Å²) in [7, 11) is 0. The minimum Gasteiger partial charge on any atom is -0.411 e. The number of hydrogen-bond donors (Lipinski definition) is 2. The zero-order chi connectivity index (χ0) is 11.8. The van der Waals surface area contributed by atoms with E-state index in [4.69, 9.17) is 5.21 Å². The van der Waals surface area contributed by atoms with Crippen molar-refractivity contribution in [3.63, 3.8) is 0 Å². The van der Waals surface area contributed by atoms with Crippen molar-refractivity contribution in [1.29, 1.82) is 0 Å². The Hall–Kier alpha value is -1.59. The normalized spacial score (nSPS) is 17.1. The topological polar surface area (TPSA) is 82.0 Å². The molecule has 0 aromatic heterocycles. The predicted molar refractivity (Wildman–Crippen MR) is 58.3 cm³/mol. The second-order valence-electron chi connectivity index (χ2n) is 3.76. The van der Waals surface area contributed by atoms with Gasteiger partial charge in [-0.05, 0) is 12.8 Å². The van der Waals surface area contributed by atoms with Gasteiger partial charge >= 0.3 is 0 Å². The van der Waals surface area contributed by atoms with Crippen LogP contribution in [0.2, 0.25) is 0 Å². The second-order valence-corrected chi connectivity index (χ2v) is 3.76. The summed E-state index contributed by atoms with van der Waals surface area (Å²) in [6.45, 7) is 1.50. The zero-order valence-corrected chi connectivity index (χ0v) is 9.19. The third-order valence-corrected chi connectivity index (χ3v) is 2.55. The molecule has 0 spiro atoms. The number of carbonyl (C=O) groups is 2. The van der Waals surface area contributed by atoms with E-state index in [2.05, 4.69) is 10.5 Å². The van der Waals surface area contributed by atoms with E-state index < -0.39 is 5.91 Å². The first-order valence-electron chi connectivity index (χ1n) is 5.47. The van der Waals surface area contributed by atoms with Crippen LogP contribution in [0, 0.1) is 0 Å². The number of rotatable bonds is 3. The Bertz CT molecular complexity index is 270. The van der Waals surface area contributed by atoms with Gasteiger partial charge in [0.15, 0.2) is 0 Å². The highest BCUT2D eigenvalue weighted by Gasteiger charge is 2.15. The van der Waals surface area contributed by atoms with Crippen molar-refractivity contribution in [3.05, 3.63) is 0 Å². The largest absolute Gasteiger partial charge is 0.411 e. The second kappa shape index (κ2) is 6.81. The molecule has 1 aliphatic rings. The van der Waals surface area contributed by atoms with Gasteiger partial charge in [-0.1, -0.05) is 18.0 Å². The first-order valence-corrected chi connectivity index (χ1v) is 5.47. The highest BCUT2D eigenvalue weighted by molar-refractivity contribution is 6.26. The molecule has 1 fully saturated rings. The average molecular weight is 227 g/mol. The van der Waals surface area contributed by atoms with E-state index in [1.165, 1.54) is 0 Å². The van der Waals surface area contributed by atoms with Gasteiger partial charge in [-0.2, -0.15) is 0 Å². The Morgan fingerprint density at radius 3 is 2.44 bits per heavy atom. The van der Waals surface area contributed by atoms with Crippen LogP contribution in [0.3, 0.4) is 0 Å².